The molecule has 2 aliphatic rings. The Morgan fingerprint density at radius 3 is 2.36 bits per heavy atom. The number of benzene rings is 2. The van der Waals surface area contributed by atoms with Crippen molar-refractivity contribution < 1.29 is 19.1 Å². The first kappa shape index (κ1) is 26.0. The van der Waals surface area contributed by atoms with Crippen LogP contribution in [-0.4, -0.2) is 79.0 Å². The third kappa shape index (κ3) is 5.51. The number of hydrogen-bond acceptors (Lipinski definition) is 5. The number of halogens is 2. The number of amides is 3. The lowest BCUT2D eigenvalue weighted by Crippen LogP contribution is -2.53. The van der Waals surface area contributed by atoms with Crippen LogP contribution >= 0.6 is 23.2 Å². The molecule has 0 aromatic heterocycles. The van der Waals surface area contributed by atoms with Crippen LogP contribution in [0, 0.1) is 0 Å². The number of urea groups is 1. The third-order valence-corrected chi connectivity index (χ3v) is 7.14. The van der Waals surface area contributed by atoms with Gasteiger partial charge in [0.05, 0.1) is 28.3 Å². The molecule has 0 saturated carbocycles. The lowest BCUT2D eigenvalue weighted by molar-refractivity contribution is -0.139. The molecule has 2 aliphatic heterocycles. The number of likely N-dealkylation sites (N-methyl/N-ethyl adjacent to an activating group) is 1. The summed E-state index contributed by atoms with van der Waals surface area (Å²) in [5.41, 5.74) is 2.19. The number of carbonyl (C=O) groups excluding carboxylic acids is 3. The average molecular weight is 531 g/mol. The lowest BCUT2D eigenvalue weighted by Gasteiger charge is -2.39. The van der Waals surface area contributed by atoms with E-state index in [-0.39, 0.29) is 18.5 Å². The second-order valence-corrected chi connectivity index (χ2v) is 9.44. The third-order valence-electron chi connectivity index (χ3n) is 6.40. The standard InChI is InChI=1S/C26H28Cl2N4O4/c1-3-36-25(34)22-21(30(2)26(35)29-23(22)18-9-10-19(27)20(28)15-18)16-31-11-13-32(14-12-31)24(33)17-7-5-4-6-8-17/h4-10,15,23H,3,11-14,16H2,1-2H3,(H,29,35). The fourth-order valence-electron chi connectivity index (χ4n) is 4.42. The van der Waals surface area contributed by atoms with Gasteiger partial charge in [-0.15, -0.1) is 0 Å². The predicted octanol–water partition coefficient (Wildman–Crippen LogP) is 3.96. The number of rotatable bonds is 6. The van der Waals surface area contributed by atoms with E-state index in [4.69, 9.17) is 27.9 Å². The molecular formula is C26H28Cl2N4O4. The van der Waals surface area contributed by atoms with Crippen LogP contribution in [0.1, 0.15) is 28.9 Å². The molecule has 190 valence electrons. The second-order valence-electron chi connectivity index (χ2n) is 8.63. The normalized spacial score (nSPS) is 18.8. The number of esters is 1. The largest absolute Gasteiger partial charge is 0.463 e. The Balaban J connectivity index is 1.59. The molecule has 3 amide bonds. The summed E-state index contributed by atoms with van der Waals surface area (Å²) in [6.45, 7) is 4.57. The van der Waals surface area contributed by atoms with Gasteiger partial charge in [0.1, 0.15) is 0 Å². The van der Waals surface area contributed by atoms with Crippen molar-refractivity contribution in [2.75, 3.05) is 46.4 Å². The van der Waals surface area contributed by atoms with Gasteiger partial charge < -0.3 is 15.0 Å². The Labute approximate surface area is 220 Å². The van der Waals surface area contributed by atoms with Crippen LogP contribution in [-0.2, 0) is 9.53 Å². The maximum absolute atomic E-state index is 13.1. The molecule has 0 bridgehead atoms. The average Bonchev–Trinajstić information content (AvgIpc) is 2.89. The van der Waals surface area contributed by atoms with Crippen LogP contribution in [0.4, 0.5) is 4.79 Å². The fraction of sp³-hybridized carbons (Fsp3) is 0.346. The lowest BCUT2D eigenvalue weighted by atomic mass is 9.94. The summed E-state index contributed by atoms with van der Waals surface area (Å²) in [6, 6.07) is 13.1. The summed E-state index contributed by atoms with van der Waals surface area (Å²) in [5, 5.41) is 3.59. The zero-order valence-corrected chi connectivity index (χ0v) is 21.7. The molecule has 2 aromatic rings. The van der Waals surface area contributed by atoms with Gasteiger partial charge in [0.2, 0.25) is 0 Å². The molecule has 8 nitrogen and oxygen atoms in total. The molecule has 0 radical (unpaired) electrons. The first-order chi connectivity index (χ1) is 17.3. The summed E-state index contributed by atoms with van der Waals surface area (Å²) < 4.78 is 5.38. The van der Waals surface area contributed by atoms with E-state index in [0.29, 0.717) is 65.2 Å². The molecule has 0 spiro atoms. The van der Waals surface area contributed by atoms with Gasteiger partial charge in [-0.25, -0.2) is 9.59 Å². The summed E-state index contributed by atoms with van der Waals surface area (Å²) in [4.78, 5) is 44.3. The Morgan fingerprint density at radius 2 is 1.72 bits per heavy atom. The molecule has 36 heavy (non-hydrogen) atoms. The van der Waals surface area contributed by atoms with Gasteiger partial charge in [-0.3, -0.25) is 14.6 Å². The summed E-state index contributed by atoms with van der Waals surface area (Å²) in [7, 11) is 1.63. The van der Waals surface area contributed by atoms with Crippen molar-refractivity contribution in [1.82, 2.24) is 20.0 Å². The highest BCUT2D eigenvalue weighted by Gasteiger charge is 2.38. The Hall–Kier alpha value is -3.07. The van der Waals surface area contributed by atoms with E-state index in [1.807, 2.05) is 35.2 Å². The highest BCUT2D eigenvalue weighted by Crippen LogP contribution is 2.34. The number of piperazine rings is 1. The molecule has 1 saturated heterocycles. The topological polar surface area (TPSA) is 82.2 Å². The molecule has 1 N–H and O–H groups in total. The molecule has 4 rings (SSSR count). The number of nitrogens with zero attached hydrogens (tertiary/aromatic N) is 3. The molecule has 2 aromatic carbocycles. The maximum atomic E-state index is 13.1. The predicted molar refractivity (Wildman–Crippen MR) is 138 cm³/mol. The van der Waals surface area contributed by atoms with Crippen LogP contribution in [0.3, 0.4) is 0 Å². The van der Waals surface area contributed by atoms with E-state index in [0.717, 1.165) is 0 Å². The van der Waals surface area contributed by atoms with Gasteiger partial charge in [-0.1, -0.05) is 47.5 Å². The first-order valence-electron chi connectivity index (χ1n) is 11.8. The minimum absolute atomic E-state index is 0.00415. The second kappa shape index (κ2) is 11.3. The molecule has 0 aliphatic carbocycles. The molecule has 1 atom stereocenters. The Kier molecular flexibility index (Phi) is 8.18. The maximum Gasteiger partial charge on any atom is 0.338 e. The van der Waals surface area contributed by atoms with Gasteiger partial charge in [0.25, 0.3) is 5.91 Å². The summed E-state index contributed by atoms with van der Waals surface area (Å²) in [6.07, 6.45) is 0. The number of ether oxygens (including phenoxy) is 1. The molecular weight excluding hydrogens is 503 g/mol. The van der Waals surface area contributed by atoms with Crippen LogP contribution in [0.25, 0.3) is 0 Å². The van der Waals surface area contributed by atoms with Crippen LogP contribution in [0.5, 0.6) is 0 Å². The molecule has 1 unspecified atom stereocenters. The van der Waals surface area contributed by atoms with Gasteiger partial charge in [0, 0.05) is 51.0 Å². The minimum atomic E-state index is -0.738. The van der Waals surface area contributed by atoms with E-state index >= 15 is 0 Å². The van der Waals surface area contributed by atoms with Crippen molar-refractivity contribution in [1.29, 1.82) is 0 Å². The number of hydrogen-bond donors (Lipinski definition) is 1. The van der Waals surface area contributed by atoms with Crippen molar-refractivity contribution in [2.24, 2.45) is 0 Å². The summed E-state index contributed by atoms with van der Waals surface area (Å²) in [5.74, 6) is -0.510. The van der Waals surface area contributed by atoms with Crippen LogP contribution in [0.2, 0.25) is 10.0 Å². The van der Waals surface area contributed by atoms with E-state index in [2.05, 4.69) is 10.2 Å². The van der Waals surface area contributed by atoms with Crippen molar-refractivity contribution in [3.63, 3.8) is 0 Å². The van der Waals surface area contributed by atoms with Crippen molar-refractivity contribution in [2.45, 2.75) is 13.0 Å². The van der Waals surface area contributed by atoms with Crippen LogP contribution in [0.15, 0.2) is 59.8 Å². The zero-order chi connectivity index (χ0) is 25.8. The van der Waals surface area contributed by atoms with E-state index in [1.165, 1.54) is 4.90 Å². The number of carbonyl (C=O) groups is 3. The van der Waals surface area contributed by atoms with Crippen molar-refractivity contribution in [3.8, 4) is 0 Å². The molecule has 2 heterocycles. The molecule has 1 fully saturated rings. The molecule has 10 heteroatoms. The smallest absolute Gasteiger partial charge is 0.338 e. The quantitative estimate of drug-likeness (QED) is 0.571. The Morgan fingerprint density at radius 1 is 1.03 bits per heavy atom. The van der Waals surface area contributed by atoms with Gasteiger partial charge in [-0.2, -0.15) is 0 Å². The van der Waals surface area contributed by atoms with Gasteiger partial charge in [0.15, 0.2) is 0 Å². The van der Waals surface area contributed by atoms with E-state index in [9.17, 15) is 14.4 Å². The SMILES string of the molecule is CCOC(=O)C1=C(CN2CCN(C(=O)c3ccccc3)CC2)N(C)C(=O)NC1c1ccc(Cl)c(Cl)c1. The van der Waals surface area contributed by atoms with Crippen molar-refractivity contribution in [3.05, 3.63) is 81.0 Å². The first-order valence-corrected chi connectivity index (χ1v) is 12.5. The summed E-state index contributed by atoms with van der Waals surface area (Å²) >= 11 is 12.3. The van der Waals surface area contributed by atoms with E-state index < -0.39 is 12.0 Å². The fourth-order valence-corrected chi connectivity index (χ4v) is 4.73. The highest BCUT2D eigenvalue weighted by atomic mass is 35.5. The number of nitrogens with one attached hydrogen (secondary N) is 1. The monoisotopic (exact) mass is 530 g/mol. The highest BCUT2D eigenvalue weighted by molar-refractivity contribution is 6.42. The van der Waals surface area contributed by atoms with Crippen molar-refractivity contribution >= 4 is 41.1 Å². The van der Waals surface area contributed by atoms with Gasteiger partial charge >= 0.3 is 12.0 Å². The zero-order valence-electron chi connectivity index (χ0n) is 20.2. The minimum Gasteiger partial charge on any atom is -0.463 e. The van der Waals surface area contributed by atoms with Crippen LogP contribution < -0.4 is 5.32 Å². The van der Waals surface area contributed by atoms with Gasteiger partial charge in [-0.05, 0) is 36.8 Å². The Bertz CT molecular complexity index is 1180. The van der Waals surface area contributed by atoms with E-state index in [1.54, 1.807) is 32.2 Å².